The molecular formula is C15H14BrF2N. The summed E-state index contributed by atoms with van der Waals surface area (Å²) in [6, 6.07) is 9.74. The van der Waals surface area contributed by atoms with Gasteiger partial charge in [0.2, 0.25) is 0 Å². The number of hydrogen-bond acceptors (Lipinski definition) is 1. The topological polar surface area (TPSA) is 12.0 Å². The smallest absolute Gasteiger partial charge is 0.137 e. The van der Waals surface area contributed by atoms with Crippen LogP contribution in [-0.4, -0.2) is 7.05 Å². The third kappa shape index (κ3) is 3.01. The second-order valence-electron chi connectivity index (χ2n) is 4.40. The van der Waals surface area contributed by atoms with Gasteiger partial charge in [-0.1, -0.05) is 18.2 Å². The summed E-state index contributed by atoms with van der Waals surface area (Å²) in [4.78, 5) is 0. The van der Waals surface area contributed by atoms with Gasteiger partial charge in [0.25, 0.3) is 0 Å². The van der Waals surface area contributed by atoms with Crippen molar-refractivity contribution in [2.24, 2.45) is 0 Å². The first-order valence-corrected chi connectivity index (χ1v) is 6.70. The molecule has 0 amide bonds. The summed E-state index contributed by atoms with van der Waals surface area (Å²) in [5, 5.41) is 3.12. The first-order valence-electron chi connectivity index (χ1n) is 5.91. The molecule has 0 aliphatic rings. The predicted octanol–water partition coefficient (Wildman–Crippen LogP) is 4.34. The fraction of sp³-hybridized carbons (Fsp3) is 0.200. The Bertz CT molecular complexity index is 547. The van der Waals surface area contributed by atoms with Gasteiger partial charge in [-0.25, -0.2) is 8.78 Å². The van der Waals surface area contributed by atoms with Gasteiger partial charge in [-0.3, -0.25) is 0 Å². The van der Waals surface area contributed by atoms with Gasteiger partial charge in [0, 0.05) is 0 Å². The normalized spacial score (nSPS) is 12.5. The third-order valence-corrected chi connectivity index (χ3v) is 3.72. The fourth-order valence-corrected chi connectivity index (χ4v) is 2.31. The first kappa shape index (κ1) is 14.2. The van der Waals surface area contributed by atoms with Gasteiger partial charge in [-0.15, -0.1) is 0 Å². The highest BCUT2D eigenvalue weighted by Crippen LogP contribution is 2.26. The van der Waals surface area contributed by atoms with E-state index in [4.69, 9.17) is 0 Å². The van der Waals surface area contributed by atoms with Gasteiger partial charge >= 0.3 is 0 Å². The molecule has 1 N–H and O–H groups in total. The van der Waals surface area contributed by atoms with Crippen LogP contribution in [0.4, 0.5) is 8.78 Å². The number of halogens is 3. The highest BCUT2D eigenvalue weighted by atomic mass is 79.9. The maximum Gasteiger partial charge on any atom is 0.137 e. The van der Waals surface area contributed by atoms with E-state index in [1.807, 2.05) is 6.07 Å². The van der Waals surface area contributed by atoms with Crippen LogP contribution in [0.3, 0.4) is 0 Å². The molecule has 0 fully saturated rings. The maximum atomic E-state index is 13.6. The molecule has 4 heteroatoms. The first-order chi connectivity index (χ1) is 9.02. The van der Waals surface area contributed by atoms with Crippen molar-refractivity contribution in [1.82, 2.24) is 5.32 Å². The summed E-state index contributed by atoms with van der Waals surface area (Å²) in [7, 11) is 1.79. The number of hydrogen-bond donors (Lipinski definition) is 1. The van der Waals surface area contributed by atoms with Crippen LogP contribution in [0.15, 0.2) is 40.9 Å². The molecule has 1 atom stereocenters. The van der Waals surface area contributed by atoms with Crippen LogP contribution in [-0.2, 0) is 0 Å². The highest BCUT2D eigenvalue weighted by molar-refractivity contribution is 9.10. The molecule has 2 aromatic carbocycles. The van der Waals surface area contributed by atoms with Crippen LogP contribution >= 0.6 is 15.9 Å². The lowest BCUT2D eigenvalue weighted by molar-refractivity contribution is 0.605. The highest BCUT2D eigenvalue weighted by Gasteiger charge is 2.14. The Hall–Kier alpha value is -1.26. The average molecular weight is 326 g/mol. The number of benzene rings is 2. The Morgan fingerprint density at radius 2 is 1.63 bits per heavy atom. The van der Waals surface area contributed by atoms with Crippen molar-refractivity contribution in [3.63, 3.8) is 0 Å². The van der Waals surface area contributed by atoms with Gasteiger partial charge in [0.05, 0.1) is 10.5 Å². The van der Waals surface area contributed by atoms with Crippen molar-refractivity contribution in [2.45, 2.75) is 13.0 Å². The predicted molar refractivity (Wildman–Crippen MR) is 76.1 cm³/mol. The third-order valence-electron chi connectivity index (χ3n) is 3.08. The molecule has 1 unspecified atom stereocenters. The minimum atomic E-state index is -0.309. The van der Waals surface area contributed by atoms with Crippen LogP contribution in [0, 0.1) is 18.6 Å². The van der Waals surface area contributed by atoms with Gasteiger partial charge in [-0.2, -0.15) is 0 Å². The molecule has 0 bridgehead atoms. The number of rotatable bonds is 3. The zero-order valence-corrected chi connectivity index (χ0v) is 12.3. The molecular weight excluding hydrogens is 312 g/mol. The van der Waals surface area contributed by atoms with Crippen LogP contribution in [0.5, 0.6) is 0 Å². The van der Waals surface area contributed by atoms with Crippen molar-refractivity contribution in [2.75, 3.05) is 7.05 Å². The van der Waals surface area contributed by atoms with E-state index in [-0.39, 0.29) is 17.7 Å². The van der Waals surface area contributed by atoms with Gasteiger partial charge in [0.15, 0.2) is 0 Å². The van der Waals surface area contributed by atoms with Crippen molar-refractivity contribution >= 4 is 15.9 Å². The Balaban J connectivity index is 2.43. The number of aryl methyl sites for hydroxylation is 1. The number of nitrogens with one attached hydrogen (secondary N) is 1. The van der Waals surface area contributed by atoms with E-state index in [1.54, 1.807) is 32.2 Å². The van der Waals surface area contributed by atoms with Gasteiger partial charge in [-0.05, 0) is 64.8 Å². The standard InChI is InChI=1S/C15H14BrF2N/c1-9-7-10(4-6-13(9)17)15(19-2)11-3-5-12(16)14(18)8-11/h3-8,15,19H,1-2H3. The minimum absolute atomic E-state index is 0.165. The molecule has 1 nitrogen and oxygen atoms in total. The summed E-state index contributed by atoms with van der Waals surface area (Å²) in [6.07, 6.45) is 0. The summed E-state index contributed by atoms with van der Waals surface area (Å²) >= 11 is 3.13. The molecule has 0 saturated heterocycles. The minimum Gasteiger partial charge on any atom is -0.309 e. The average Bonchev–Trinajstić information content (AvgIpc) is 2.39. The zero-order valence-electron chi connectivity index (χ0n) is 10.7. The van der Waals surface area contributed by atoms with E-state index in [2.05, 4.69) is 21.2 Å². The quantitative estimate of drug-likeness (QED) is 0.884. The molecule has 0 aliphatic carbocycles. The van der Waals surface area contributed by atoms with E-state index in [1.165, 1.54) is 12.1 Å². The second-order valence-corrected chi connectivity index (χ2v) is 5.26. The zero-order chi connectivity index (χ0) is 14.0. The van der Waals surface area contributed by atoms with E-state index in [9.17, 15) is 8.78 Å². The van der Waals surface area contributed by atoms with Crippen LogP contribution in [0.1, 0.15) is 22.7 Å². The fourth-order valence-electron chi connectivity index (χ4n) is 2.07. The van der Waals surface area contributed by atoms with Crippen molar-refractivity contribution in [3.8, 4) is 0 Å². The van der Waals surface area contributed by atoms with Crippen LogP contribution in [0.2, 0.25) is 0 Å². The molecule has 2 rings (SSSR count). The van der Waals surface area contributed by atoms with Gasteiger partial charge < -0.3 is 5.32 Å². The Morgan fingerprint density at radius 1 is 1.00 bits per heavy atom. The van der Waals surface area contributed by atoms with E-state index >= 15 is 0 Å². The second kappa shape index (κ2) is 5.80. The molecule has 0 heterocycles. The Morgan fingerprint density at radius 3 is 2.21 bits per heavy atom. The summed E-state index contributed by atoms with van der Waals surface area (Å²) in [5.74, 6) is -0.544. The molecule has 0 radical (unpaired) electrons. The lowest BCUT2D eigenvalue weighted by Gasteiger charge is -2.18. The molecule has 100 valence electrons. The SMILES string of the molecule is CNC(c1ccc(F)c(C)c1)c1ccc(Br)c(F)c1. The Labute approximate surface area is 119 Å². The van der Waals surface area contributed by atoms with Crippen LogP contribution < -0.4 is 5.32 Å². The Kier molecular flexibility index (Phi) is 4.32. The van der Waals surface area contributed by atoms with Crippen molar-refractivity contribution in [3.05, 3.63) is 69.2 Å². The monoisotopic (exact) mass is 325 g/mol. The molecule has 2 aromatic rings. The largest absolute Gasteiger partial charge is 0.309 e. The van der Waals surface area contributed by atoms with E-state index in [0.29, 0.717) is 10.0 Å². The lowest BCUT2D eigenvalue weighted by atomic mass is 9.97. The molecule has 0 spiro atoms. The summed E-state index contributed by atoms with van der Waals surface area (Å²) in [5.41, 5.74) is 2.28. The molecule has 19 heavy (non-hydrogen) atoms. The van der Waals surface area contributed by atoms with Gasteiger partial charge in [0.1, 0.15) is 11.6 Å². The lowest BCUT2D eigenvalue weighted by Crippen LogP contribution is -2.18. The van der Waals surface area contributed by atoms with Crippen LogP contribution in [0.25, 0.3) is 0 Å². The van der Waals surface area contributed by atoms with E-state index in [0.717, 1.165) is 11.1 Å². The molecule has 0 saturated carbocycles. The summed E-state index contributed by atoms with van der Waals surface area (Å²) in [6.45, 7) is 1.72. The van der Waals surface area contributed by atoms with Crippen molar-refractivity contribution < 1.29 is 8.78 Å². The summed E-state index contributed by atoms with van der Waals surface area (Å²) < 4.78 is 27.3. The maximum absolute atomic E-state index is 13.6. The van der Waals surface area contributed by atoms with E-state index < -0.39 is 0 Å². The molecule has 0 aliphatic heterocycles. The molecule has 0 aromatic heterocycles. The van der Waals surface area contributed by atoms with Crippen molar-refractivity contribution in [1.29, 1.82) is 0 Å².